The van der Waals surface area contributed by atoms with E-state index in [9.17, 15) is 0 Å². The van der Waals surface area contributed by atoms with Crippen LogP contribution in [-0.2, 0) is 0 Å². The zero-order chi connectivity index (χ0) is 18.8. The molecule has 1 aliphatic rings. The van der Waals surface area contributed by atoms with Gasteiger partial charge in [-0.05, 0) is 57.2 Å². The van der Waals surface area contributed by atoms with Gasteiger partial charge in [-0.15, -0.1) is 0 Å². The number of hydrogen-bond acceptors (Lipinski definition) is 3. The van der Waals surface area contributed by atoms with Crippen molar-refractivity contribution in [3.8, 4) is 0 Å². The molecule has 0 unspecified atom stereocenters. The van der Waals surface area contributed by atoms with E-state index in [1.54, 1.807) is 0 Å². The van der Waals surface area contributed by atoms with Gasteiger partial charge < -0.3 is 0 Å². The first-order valence-corrected chi connectivity index (χ1v) is 9.03. The highest BCUT2D eigenvalue weighted by molar-refractivity contribution is 5.97. The molecule has 0 amide bonds. The Morgan fingerprint density at radius 2 is 0.741 bits per heavy atom. The molecule has 0 saturated heterocycles. The van der Waals surface area contributed by atoms with E-state index in [1.165, 1.54) is 16.7 Å². The summed E-state index contributed by atoms with van der Waals surface area (Å²) >= 11 is 0. The first kappa shape index (κ1) is 17.1. The van der Waals surface area contributed by atoms with Crippen LogP contribution >= 0.6 is 0 Å². The summed E-state index contributed by atoms with van der Waals surface area (Å²) in [5, 5.41) is 0. The molecule has 3 aromatic rings. The second kappa shape index (κ2) is 7.12. The van der Waals surface area contributed by atoms with Crippen molar-refractivity contribution in [1.82, 2.24) is 0 Å². The van der Waals surface area contributed by atoms with Crippen molar-refractivity contribution in [2.75, 3.05) is 0 Å². The summed E-state index contributed by atoms with van der Waals surface area (Å²) in [4.78, 5) is 14.2. The van der Waals surface area contributed by atoms with Crippen molar-refractivity contribution in [3.63, 3.8) is 0 Å². The molecule has 3 heteroatoms. The van der Waals surface area contributed by atoms with Crippen LogP contribution in [0.15, 0.2) is 69.6 Å². The summed E-state index contributed by atoms with van der Waals surface area (Å²) in [6, 6.07) is 18.7. The molecule has 0 bridgehead atoms. The van der Waals surface area contributed by atoms with Gasteiger partial charge in [-0.25, -0.2) is 0 Å². The Labute approximate surface area is 159 Å². The summed E-state index contributed by atoms with van der Waals surface area (Å²) in [6.45, 7) is 6.24. The summed E-state index contributed by atoms with van der Waals surface area (Å²) < 4.78 is 0. The number of nitrogens with zero attached hydrogens (tertiary/aromatic N) is 3. The van der Waals surface area contributed by atoms with Crippen molar-refractivity contribution < 1.29 is 0 Å². The van der Waals surface area contributed by atoms with Gasteiger partial charge in [0, 0.05) is 35.3 Å². The standard InChI is InChI=1S/C24H21N3/c1-16-4-7-22-19(10-16)13-25-23-8-5-17(2)12-21(23)15-27-24-9-6-18(3)11-20(24)14-26-22/h4-15H,1-3H3. The van der Waals surface area contributed by atoms with E-state index >= 15 is 0 Å². The van der Waals surface area contributed by atoms with Crippen LogP contribution in [0.25, 0.3) is 0 Å². The largest absolute Gasteiger partial charge is 0.255 e. The quantitative estimate of drug-likeness (QED) is 0.363. The molecule has 4 rings (SSSR count). The second-order valence-electron chi connectivity index (χ2n) is 6.96. The Bertz CT molecular complexity index is 963. The maximum atomic E-state index is 4.72. The first-order valence-electron chi connectivity index (χ1n) is 9.03. The Morgan fingerprint density at radius 3 is 1.04 bits per heavy atom. The van der Waals surface area contributed by atoms with E-state index in [4.69, 9.17) is 15.0 Å². The average molecular weight is 351 g/mol. The molecule has 0 saturated carbocycles. The maximum absolute atomic E-state index is 4.72. The molecule has 0 spiro atoms. The van der Waals surface area contributed by atoms with Gasteiger partial charge >= 0.3 is 0 Å². The lowest BCUT2D eigenvalue weighted by Gasteiger charge is -2.07. The van der Waals surface area contributed by atoms with E-state index in [2.05, 4.69) is 57.2 Å². The summed E-state index contributed by atoms with van der Waals surface area (Å²) in [6.07, 6.45) is 5.67. The molecule has 1 heterocycles. The van der Waals surface area contributed by atoms with Crippen LogP contribution in [-0.4, -0.2) is 18.6 Å². The van der Waals surface area contributed by atoms with Crippen LogP contribution in [0.4, 0.5) is 17.1 Å². The fraction of sp³-hybridized carbons (Fsp3) is 0.125. The van der Waals surface area contributed by atoms with Crippen molar-refractivity contribution in [3.05, 3.63) is 88.0 Å². The van der Waals surface area contributed by atoms with E-state index in [-0.39, 0.29) is 0 Å². The summed E-state index contributed by atoms with van der Waals surface area (Å²) in [5.41, 5.74) is 9.26. The number of hydrogen-bond donors (Lipinski definition) is 0. The Balaban J connectivity index is 1.97. The van der Waals surface area contributed by atoms with Crippen molar-refractivity contribution in [2.45, 2.75) is 20.8 Å². The van der Waals surface area contributed by atoms with Crippen LogP contribution in [0.3, 0.4) is 0 Å². The minimum absolute atomic E-state index is 0.898. The van der Waals surface area contributed by atoms with Gasteiger partial charge in [0.25, 0.3) is 0 Å². The van der Waals surface area contributed by atoms with Crippen LogP contribution in [0.1, 0.15) is 33.4 Å². The third kappa shape index (κ3) is 3.77. The first-order chi connectivity index (χ1) is 13.1. The molecular formula is C24H21N3. The van der Waals surface area contributed by atoms with Crippen LogP contribution in [0.5, 0.6) is 0 Å². The van der Waals surface area contributed by atoms with Crippen molar-refractivity contribution >= 4 is 35.7 Å². The predicted octanol–water partition coefficient (Wildman–Crippen LogP) is 6.18. The highest BCUT2D eigenvalue weighted by Gasteiger charge is 2.05. The lowest BCUT2D eigenvalue weighted by atomic mass is 10.1. The Morgan fingerprint density at radius 1 is 0.444 bits per heavy atom. The lowest BCUT2D eigenvalue weighted by Crippen LogP contribution is -1.91. The molecular weight excluding hydrogens is 330 g/mol. The van der Waals surface area contributed by atoms with Gasteiger partial charge in [0.15, 0.2) is 0 Å². The second-order valence-corrected chi connectivity index (χ2v) is 6.96. The van der Waals surface area contributed by atoms with E-state index in [1.807, 2.05) is 36.8 Å². The molecule has 132 valence electrons. The van der Waals surface area contributed by atoms with Gasteiger partial charge in [-0.3, -0.25) is 15.0 Å². The molecule has 1 aliphatic heterocycles. The molecule has 0 fully saturated rings. The highest BCUT2D eigenvalue weighted by atomic mass is 14.8. The van der Waals surface area contributed by atoms with E-state index in [0.29, 0.717) is 0 Å². The molecule has 0 aromatic heterocycles. The SMILES string of the molecule is Cc1ccc2c(c1)C=Nc1ccc(C)cc1C=Nc1ccc(C)cc1C=N2. The van der Waals surface area contributed by atoms with Gasteiger partial charge in [0.1, 0.15) is 0 Å². The topological polar surface area (TPSA) is 37.1 Å². The molecule has 0 radical (unpaired) electrons. The average Bonchev–Trinajstić information content (AvgIpc) is 2.65. The van der Waals surface area contributed by atoms with E-state index < -0.39 is 0 Å². The molecule has 0 N–H and O–H groups in total. The number of rotatable bonds is 0. The molecule has 0 aliphatic carbocycles. The third-order valence-electron chi connectivity index (χ3n) is 4.58. The third-order valence-corrected chi connectivity index (χ3v) is 4.58. The molecule has 3 aromatic carbocycles. The number of aryl methyl sites for hydroxylation is 3. The minimum atomic E-state index is 0.898. The van der Waals surface area contributed by atoms with Gasteiger partial charge in [-0.2, -0.15) is 0 Å². The molecule has 3 nitrogen and oxygen atoms in total. The smallest absolute Gasteiger partial charge is 0.0717 e. The zero-order valence-electron chi connectivity index (χ0n) is 15.8. The zero-order valence-corrected chi connectivity index (χ0v) is 15.8. The Hall–Kier alpha value is -3.33. The van der Waals surface area contributed by atoms with Crippen LogP contribution in [0.2, 0.25) is 0 Å². The maximum Gasteiger partial charge on any atom is 0.0717 e. The fourth-order valence-electron chi connectivity index (χ4n) is 3.10. The predicted molar refractivity (Wildman–Crippen MR) is 115 cm³/mol. The summed E-state index contributed by atoms with van der Waals surface area (Å²) in [7, 11) is 0. The van der Waals surface area contributed by atoms with Crippen molar-refractivity contribution in [1.29, 1.82) is 0 Å². The van der Waals surface area contributed by atoms with E-state index in [0.717, 1.165) is 33.8 Å². The fourth-order valence-corrected chi connectivity index (χ4v) is 3.10. The summed E-state index contributed by atoms with van der Waals surface area (Å²) in [5.74, 6) is 0. The van der Waals surface area contributed by atoms with Gasteiger partial charge in [-0.1, -0.05) is 34.9 Å². The number of aliphatic imine (C=N–C) groups is 3. The number of benzene rings is 3. The van der Waals surface area contributed by atoms with Crippen molar-refractivity contribution in [2.24, 2.45) is 15.0 Å². The lowest BCUT2D eigenvalue weighted by molar-refractivity contribution is 1.38. The normalized spacial score (nSPS) is 12.6. The molecule has 0 atom stereocenters. The highest BCUT2D eigenvalue weighted by Crippen LogP contribution is 2.26. The number of fused-ring (bicyclic) bond motifs is 3. The van der Waals surface area contributed by atoms with Crippen LogP contribution in [0, 0.1) is 20.8 Å². The van der Waals surface area contributed by atoms with Crippen LogP contribution < -0.4 is 0 Å². The van der Waals surface area contributed by atoms with Gasteiger partial charge in [0.05, 0.1) is 17.1 Å². The van der Waals surface area contributed by atoms with Gasteiger partial charge in [0.2, 0.25) is 0 Å². The Kier molecular flexibility index (Phi) is 4.51. The molecule has 27 heavy (non-hydrogen) atoms. The monoisotopic (exact) mass is 351 g/mol. The minimum Gasteiger partial charge on any atom is -0.255 e.